The third-order valence-corrected chi connectivity index (χ3v) is 4.11. The highest BCUT2D eigenvalue weighted by molar-refractivity contribution is 6.01. The summed E-state index contributed by atoms with van der Waals surface area (Å²) in [5.74, 6) is -1.47. The molecule has 0 unspecified atom stereocenters. The molecule has 1 aromatic carbocycles. The number of nitrogens with zero attached hydrogens (tertiary/aromatic N) is 1. The third-order valence-electron chi connectivity index (χ3n) is 4.11. The van der Waals surface area contributed by atoms with E-state index in [9.17, 15) is 14.4 Å². The maximum Gasteiger partial charge on any atom is 0.342 e. The van der Waals surface area contributed by atoms with Crippen molar-refractivity contribution >= 4 is 17.7 Å². The molecule has 0 fully saturated rings. The summed E-state index contributed by atoms with van der Waals surface area (Å²) in [5.41, 5.74) is 7.53. The first-order chi connectivity index (χ1) is 12.7. The number of aromatic nitrogens is 1. The van der Waals surface area contributed by atoms with Gasteiger partial charge in [0.1, 0.15) is 11.3 Å². The zero-order valence-corrected chi connectivity index (χ0v) is 15.9. The number of nitrogens with two attached hydrogens (primary N) is 1. The monoisotopic (exact) mass is 372 g/mol. The highest BCUT2D eigenvalue weighted by Gasteiger charge is 2.20. The molecule has 2 N–H and O–H groups in total. The molecular formula is C20H24N2O5. The maximum atomic E-state index is 12.5. The van der Waals surface area contributed by atoms with Crippen molar-refractivity contribution in [3.05, 3.63) is 52.8 Å². The van der Waals surface area contributed by atoms with Crippen LogP contribution in [0.5, 0.6) is 5.75 Å². The second-order valence-corrected chi connectivity index (χ2v) is 6.50. The Kier molecular flexibility index (Phi) is 6.39. The van der Waals surface area contributed by atoms with Crippen LogP contribution < -0.4 is 10.5 Å². The quantitative estimate of drug-likeness (QED) is 0.567. The minimum absolute atomic E-state index is 0.124. The molecule has 0 radical (unpaired) electrons. The number of carbonyl (C=O) groups is 3. The van der Waals surface area contributed by atoms with Gasteiger partial charge < -0.3 is 19.8 Å². The number of amides is 1. The molecule has 0 atom stereocenters. The van der Waals surface area contributed by atoms with Gasteiger partial charge in [0.15, 0.2) is 13.2 Å². The molecule has 144 valence electrons. The van der Waals surface area contributed by atoms with Gasteiger partial charge >= 0.3 is 5.97 Å². The number of rotatable bonds is 8. The summed E-state index contributed by atoms with van der Waals surface area (Å²) < 4.78 is 12.4. The summed E-state index contributed by atoms with van der Waals surface area (Å²) >= 11 is 0. The molecule has 2 rings (SSSR count). The second kappa shape index (κ2) is 8.53. The smallest absolute Gasteiger partial charge is 0.342 e. The van der Waals surface area contributed by atoms with E-state index in [1.165, 1.54) is 12.1 Å². The fourth-order valence-corrected chi connectivity index (χ4v) is 3.05. The largest absolute Gasteiger partial charge is 0.483 e. The first-order valence-electron chi connectivity index (χ1n) is 8.61. The predicted molar refractivity (Wildman–Crippen MR) is 100 cm³/mol. The lowest BCUT2D eigenvalue weighted by Crippen LogP contribution is -2.21. The van der Waals surface area contributed by atoms with Crippen molar-refractivity contribution in [2.45, 2.75) is 33.7 Å². The van der Waals surface area contributed by atoms with E-state index < -0.39 is 11.9 Å². The number of ketones is 1. The lowest BCUT2D eigenvalue weighted by atomic mass is 10.1. The van der Waals surface area contributed by atoms with Crippen LogP contribution in [-0.2, 0) is 9.53 Å². The van der Waals surface area contributed by atoms with E-state index in [0.29, 0.717) is 5.56 Å². The lowest BCUT2D eigenvalue weighted by Gasteiger charge is -2.13. The van der Waals surface area contributed by atoms with Crippen LogP contribution in [-0.4, -0.2) is 35.4 Å². The van der Waals surface area contributed by atoms with Gasteiger partial charge in [0, 0.05) is 23.0 Å². The zero-order chi connectivity index (χ0) is 20.1. The van der Waals surface area contributed by atoms with Gasteiger partial charge in [0.05, 0.1) is 0 Å². The van der Waals surface area contributed by atoms with Crippen molar-refractivity contribution in [3.8, 4) is 5.75 Å². The number of hydrogen-bond donors (Lipinski definition) is 1. The molecule has 0 saturated carbocycles. The Labute approximate surface area is 158 Å². The van der Waals surface area contributed by atoms with Crippen LogP contribution in [0.3, 0.4) is 0 Å². The fourth-order valence-electron chi connectivity index (χ4n) is 3.05. The Bertz CT molecular complexity index is 867. The van der Waals surface area contributed by atoms with E-state index in [1.807, 2.05) is 27.7 Å². The number of carbonyl (C=O) groups excluding carboxylic acids is 3. The van der Waals surface area contributed by atoms with Gasteiger partial charge in [-0.25, -0.2) is 4.79 Å². The van der Waals surface area contributed by atoms with Crippen LogP contribution in [0.4, 0.5) is 0 Å². The fraction of sp³-hybridized carbons (Fsp3) is 0.350. The van der Waals surface area contributed by atoms with Crippen LogP contribution in [0, 0.1) is 13.8 Å². The standard InChI is InChI=1S/C20H24N2O5/c1-12(2)22-13(3)9-16(14(22)4)17(23)10-27-20(25)15-7-5-6-8-18(15)26-11-19(21)24/h5-9,12H,10-11H2,1-4H3,(H2,21,24). The third kappa shape index (κ3) is 4.75. The molecule has 0 saturated heterocycles. The number of esters is 1. The summed E-state index contributed by atoms with van der Waals surface area (Å²) in [5, 5.41) is 0. The second-order valence-electron chi connectivity index (χ2n) is 6.50. The van der Waals surface area contributed by atoms with E-state index in [-0.39, 0.29) is 36.4 Å². The van der Waals surface area contributed by atoms with Crippen LogP contribution in [0.25, 0.3) is 0 Å². The first-order valence-corrected chi connectivity index (χ1v) is 8.61. The van der Waals surface area contributed by atoms with Crippen LogP contribution in [0.1, 0.15) is 52.0 Å². The van der Waals surface area contributed by atoms with Crippen molar-refractivity contribution < 1.29 is 23.9 Å². The Morgan fingerprint density at radius 1 is 1.07 bits per heavy atom. The molecule has 1 aromatic heterocycles. The van der Waals surface area contributed by atoms with Crippen molar-refractivity contribution in [2.24, 2.45) is 5.73 Å². The molecule has 0 aliphatic heterocycles. The number of para-hydroxylation sites is 1. The minimum atomic E-state index is -0.707. The summed E-state index contributed by atoms with van der Waals surface area (Å²) in [6, 6.07) is 8.33. The number of Topliss-reactive ketones (excluding diaryl/α,β-unsaturated/α-hetero) is 1. The van der Waals surface area contributed by atoms with Gasteiger partial charge in [-0.2, -0.15) is 0 Å². The lowest BCUT2D eigenvalue weighted by molar-refractivity contribution is -0.119. The molecule has 1 amide bonds. The topological polar surface area (TPSA) is 101 Å². The van der Waals surface area contributed by atoms with E-state index in [1.54, 1.807) is 18.2 Å². The number of hydrogen-bond acceptors (Lipinski definition) is 5. The van der Waals surface area contributed by atoms with Gasteiger partial charge in [-0.15, -0.1) is 0 Å². The average molecular weight is 372 g/mol. The number of benzene rings is 1. The molecule has 0 bridgehead atoms. The molecule has 27 heavy (non-hydrogen) atoms. The highest BCUT2D eigenvalue weighted by atomic mass is 16.5. The Morgan fingerprint density at radius 2 is 1.74 bits per heavy atom. The minimum Gasteiger partial charge on any atom is -0.483 e. The first kappa shape index (κ1) is 20.2. The Morgan fingerprint density at radius 3 is 2.33 bits per heavy atom. The molecule has 7 nitrogen and oxygen atoms in total. The summed E-state index contributed by atoms with van der Waals surface area (Å²) in [7, 11) is 0. The Balaban J connectivity index is 2.09. The van der Waals surface area contributed by atoms with Crippen molar-refractivity contribution in [1.82, 2.24) is 4.57 Å². The molecule has 7 heteroatoms. The van der Waals surface area contributed by atoms with E-state index in [2.05, 4.69) is 4.57 Å². The van der Waals surface area contributed by atoms with Gasteiger partial charge in [-0.05, 0) is 45.9 Å². The van der Waals surface area contributed by atoms with E-state index in [0.717, 1.165) is 11.4 Å². The maximum absolute atomic E-state index is 12.5. The van der Waals surface area contributed by atoms with Crippen molar-refractivity contribution in [3.63, 3.8) is 0 Å². The predicted octanol–water partition coefficient (Wildman–Crippen LogP) is 2.59. The van der Waals surface area contributed by atoms with Crippen LogP contribution in [0.2, 0.25) is 0 Å². The van der Waals surface area contributed by atoms with Gasteiger partial charge in [-0.1, -0.05) is 12.1 Å². The molecule has 0 aliphatic rings. The van der Waals surface area contributed by atoms with Gasteiger partial charge in [-0.3, -0.25) is 9.59 Å². The van der Waals surface area contributed by atoms with Crippen LogP contribution >= 0.6 is 0 Å². The Hall–Kier alpha value is -3.09. The molecular weight excluding hydrogens is 348 g/mol. The summed E-state index contributed by atoms with van der Waals surface area (Å²) in [6.45, 7) is 7.14. The summed E-state index contributed by atoms with van der Waals surface area (Å²) in [6.07, 6.45) is 0. The molecule has 2 aromatic rings. The van der Waals surface area contributed by atoms with E-state index >= 15 is 0 Å². The number of primary amides is 1. The molecule has 0 aliphatic carbocycles. The van der Waals surface area contributed by atoms with E-state index in [4.69, 9.17) is 15.2 Å². The molecule has 0 spiro atoms. The van der Waals surface area contributed by atoms with Gasteiger partial charge in [0.2, 0.25) is 5.78 Å². The average Bonchev–Trinajstić information content (AvgIpc) is 2.92. The highest BCUT2D eigenvalue weighted by Crippen LogP contribution is 2.22. The number of aryl methyl sites for hydroxylation is 1. The summed E-state index contributed by atoms with van der Waals surface area (Å²) in [4.78, 5) is 35.7. The number of ether oxygens (including phenoxy) is 2. The SMILES string of the molecule is Cc1cc(C(=O)COC(=O)c2ccccc2OCC(N)=O)c(C)n1C(C)C. The van der Waals surface area contributed by atoms with Crippen molar-refractivity contribution in [2.75, 3.05) is 13.2 Å². The van der Waals surface area contributed by atoms with Crippen molar-refractivity contribution in [1.29, 1.82) is 0 Å². The normalized spacial score (nSPS) is 10.7. The van der Waals surface area contributed by atoms with Crippen LogP contribution in [0.15, 0.2) is 30.3 Å². The van der Waals surface area contributed by atoms with Gasteiger partial charge in [0.25, 0.3) is 5.91 Å². The zero-order valence-electron chi connectivity index (χ0n) is 15.9. The molecule has 1 heterocycles.